The second kappa shape index (κ2) is 10.1. The van der Waals surface area contributed by atoms with Crippen molar-refractivity contribution in [2.75, 3.05) is 19.0 Å². The summed E-state index contributed by atoms with van der Waals surface area (Å²) in [5, 5.41) is 3.52. The van der Waals surface area contributed by atoms with E-state index in [-0.39, 0.29) is 12.5 Å². The Bertz CT molecular complexity index is 1040. The highest BCUT2D eigenvalue weighted by atomic mass is 35.5. The number of anilines is 1. The molecule has 3 rings (SSSR count). The maximum atomic E-state index is 12.9. The highest BCUT2D eigenvalue weighted by molar-refractivity contribution is 6.35. The van der Waals surface area contributed by atoms with Crippen molar-refractivity contribution in [3.05, 3.63) is 94.0 Å². The number of benzene rings is 3. The average molecular weight is 443 g/mol. The highest BCUT2D eigenvalue weighted by Gasteiger charge is 2.17. The van der Waals surface area contributed by atoms with E-state index in [1.807, 2.05) is 30.3 Å². The number of hydrogen-bond donors (Lipinski definition) is 1. The van der Waals surface area contributed by atoms with Crippen molar-refractivity contribution < 1.29 is 14.3 Å². The fraction of sp³-hybridized carbons (Fsp3) is 0.130. The topological polar surface area (TPSA) is 58.6 Å². The van der Waals surface area contributed by atoms with Crippen LogP contribution in [-0.2, 0) is 11.3 Å². The molecule has 7 heteroatoms. The lowest BCUT2D eigenvalue weighted by Crippen LogP contribution is -2.28. The van der Waals surface area contributed by atoms with E-state index in [1.54, 1.807) is 48.3 Å². The molecule has 3 aromatic carbocycles. The largest absolute Gasteiger partial charge is 0.482 e. The van der Waals surface area contributed by atoms with Crippen LogP contribution in [0.25, 0.3) is 0 Å². The molecule has 0 radical (unpaired) electrons. The third kappa shape index (κ3) is 5.75. The molecule has 0 fully saturated rings. The van der Waals surface area contributed by atoms with Gasteiger partial charge in [-0.1, -0.05) is 65.7 Å². The minimum absolute atomic E-state index is 0.198. The maximum Gasteiger partial charge on any atom is 0.262 e. The van der Waals surface area contributed by atoms with Crippen LogP contribution in [0.1, 0.15) is 15.9 Å². The summed E-state index contributed by atoms with van der Waals surface area (Å²) < 4.78 is 5.45. The molecule has 1 N–H and O–H groups in total. The van der Waals surface area contributed by atoms with Crippen LogP contribution in [0.3, 0.4) is 0 Å². The molecule has 5 nitrogen and oxygen atoms in total. The number of carbonyl (C=O) groups excluding carboxylic acids is 2. The molecule has 154 valence electrons. The number of carbonyl (C=O) groups is 2. The lowest BCUT2D eigenvalue weighted by molar-refractivity contribution is -0.118. The van der Waals surface area contributed by atoms with E-state index in [0.29, 0.717) is 33.6 Å². The first-order valence-corrected chi connectivity index (χ1v) is 9.96. The van der Waals surface area contributed by atoms with Crippen molar-refractivity contribution in [3.63, 3.8) is 0 Å². The van der Waals surface area contributed by atoms with Gasteiger partial charge in [-0.05, 0) is 35.9 Å². The van der Waals surface area contributed by atoms with Gasteiger partial charge in [0.05, 0.1) is 16.3 Å². The zero-order valence-electron chi connectivity index (χ0n) is 16.3. The van der Waals surface area contributed by atoms with Gasteiger partial charge in [-0.3, -0.25) is 9.59 Å². The molecular formula is C23H20Cl2N2O3. The minimum Gasteiger partial charge on any atom is -0.482 e. The first kappa shape index (κ1) is 21.7. The average Bonchev–Trinajstić information content (AvgIpc) is 2.73. The van der Waals surface area contributed by atoms with E-state index in [1.165, 1.54) is 6.07 Å². The first-order valence-electron chi connectivity index (χ1n) is 9.20. The number of amides is 2. The molecule has 3 aromatic rings. The molecule has 0 aliphatic carbocycles. The Morgan fingerprint density at radius 1 is 0.967 bits per heavy atom. The maximum absolute atomic E-state index is 12.9. The van der Waals surface area contributed by atoms with Gasteiger partial charge in [-0.2, -0.15) is 0 Å². The predicted molar refractivity (Wildman–Crippen MR) is 119 cm³/mol. The molecule has 0 spiro atoms. The van der Waals surface area contributed by atoms with E-state index < -0.39 is 5.91 Å². The Balaban J connectivity index is 1.65. The summed E-state index contributed by atoms with van der Waals surface area (Å²) in [5.74, 6) is -0.258. The van der Waals surface area contributed by atoms with Gasteiger partial charge < -0.3 is 15.0 Å². The van der Waals surface area contributed by atoms with Gasteiger partial charge in [0, 0.05) is 18.6 Å². The minimum atomic E-state index is -0.410. The molecule has 0 atom stereocenters. The molecule has 0 aliphatic heterocycles. The van der Waals surface area contributed by atoms with Gasteiger partial charge in [0.15, 0.2) is 6.61 Å². The van der Waals surface area contributed by atoms with Gasteiger partial charge in [-0.15, -0.1) is 0 Å². The SMILES string of the molecule is CN(Cc1ccccc1)C(=O)c1ccccc1NC(=O)COc1ccc(Cl)cc1Cl. The Hall–Kier alpha value is -3.02. The van der Waals surface area contributed by atoms with Crippen molar-refractivity contribution in [1.82, 2.24) is 4.90 Å². The van der Waals surface area contributed by atoms with Crippen LogP contribution in [0, 0.1) is 0 Å². The first-order chi connectivity index (χ1) is 14.4. The summed E-state index contributed by atoms with van der Waals surface area (Å²) in [5.41, 5.74) is 1.83. The van der Waals surface area contributed by atoms with Crippen LogP contribution in [0.2, 0.25) is 10.0 Å². The molecule has 0 saturated carbocycles. The number of ether oxygens (including phenoxy) is 1. The van der Waals surface area contributed by atoms with Crippen LogP contribution in [0.15, 0.2) is 72.8 Å². The third-order valence-electron chi connectivity index (χ3n) is 4.29. The van der Waals surface area contributed by atoms with Crippen LogP contribution < -0.4 is 10.1 Å². The molecule has 0 aromatic heterocycles. The van der Waals surface area contributed by atoms with E-state index in [2.05, 4.69) is 5.32 Å². The number of nitrogens with zero attached hydrogens (tertiary/aromatic N) is 1. The van der Waals surface area contributed by atoms with E-state index >= 15 is 0 Å². The summed E-state index contributed by atoms with van der Waals surface area (Å²) in [4.78, 5) is 26.9. The Morgan fingerprint density at radius 2 is 1.67 bits per heavy atom. The monoisotopic (exact) mass is 442 g/mol. The lowest BCUT2D eigenvalue weighted by Gasteiger charge is -2.19. The smallest absolute Gasteiger partial charge is 0.262 e. The lowest BCUT2D eigenvalue weighted by atomic mass is 10.1. The zero-order chi connectivity index (χ0) is 21.5. The summed E-state index contributed by atoms with van der Waals surface area (Å²) in [6.45, 7) is 0.198. The zero-order valence-corrected chi connectivity index (χ0v) is 17.8. The quantitative estimate of drug-likeness (QED) is 0.541. The second-order valence-electron chi connectivity index (χ2n) is 6.60. The normalized spacial score (nSPS) is 10.4. The van der Waals surface area contributed by atoms with E-state index in [9.17, 15) is 9.59 Å². The van der Waals surface area contributed by atoms with Crippen molar-refractivity contribution in [2.24, 2.45) is 0 Å². The van der Waals surface area contributed by atoms with Gasteiger partial charge in [0.1, 0.15) is 5.75 Å². The summed E-state index contributed by atoms with van der Waals surface area (Å²) in [7, 11) is 1.72. The molecule has 30 heavy (non-hydrogen) atoms. The molecule has 0 saturated heterocycles. The highest BCUT2D eigenvalue weighted by Crippen LogP contribution is 2.27. The van der Waals surface area contributed by atoms with Crippen molar-refractivity contribution in [1.29, 1.82) is 0 Å². The van der Waals surface area contributed by atoms with Gasteiger partial charge >= 0.3 is 0 Å². The Kier molecular flexibility index (Phi) is 7.33. The fourth-order valence-electron chi connectivity index (χ4n) is 2.84. The number of nitrogens with one attached hydrogen (secondary N) is 1. The summed E-state index contributed by atoms with van der Waals surface area (Å²) >= 11 is 11.9. The Morgan fingerprint density at radius 3 is 2.40 bits per heavy atom. The van der Waals surface area contributed by atoms with E-state index in [0.717, 1.165) is 5.56 Å². The predicted octanol–water partition coefficient (Wildman–Crippen LogP) is 5.28. The van der Waals surface area contributed by atoms with Gasteiger partial charge in [0.2, 0.25) is 0 Å². The molecule has 0 bridgehead atoms. The number of halogens is 2. The van der Waals surface area contributed by atoms with Gasteiger partial charge in [-0.25, -0.2) is 0 Å². The van der Waals surface area contributed by atoms with Crippen molar-refractivity contribution >= 4 is 40.7 Å². The molecule has 2 amide bonds. The van der Waals surface area contributed by atoms with Crippen LogP contribution in [-0.4, -0.2) is 30.4 Å². The summed E-state index contributed by atoms with van der Waals surface area (Å²) in [6.07, 6.45) is 0. The Labute approximate surface area is 185 Å². The number of hydrogen-bond acceptors (Lipinski definition) is 3. The number of para-hydroxylation sites is 1. The fourth-order valence-corrected chi connectivity index (χ4v) is 3.30. The second-order valence-corrected chi connectivity index (χ2v) is 7.45. The van der Waals surface area contributed by atoms with Crippen molar-refractivity contribution in [2.45, 2.75) is 6.54 Å². The third-order valence-corrected chi connectivity index (χ3v) is 4.82. The van der Waals surface area contributed by atoms with Crippen LogP contribution in [0.5, 0.6) is 5.75 Å². The summed E-state index contributed by atoms with van der Waals surface area (Å²) in [6, 6.07) is 21.3. The molecular weight excluding hydrogens is 423 g/mol. The number of rotatable bonds is 7. The van der Waals surface area contributed by atoms with Gasteiger partial charge in [0.25, 0.3) is 11.8 Å². The standard InChI is InChI=1S/C23H20Cl2N2O3/c1-27(14-16-7-3-2-4-8-16)23(29)18-9-5-6-10-20(18)26-22(28)15-30-21-12-11-17(24)13-19(21)25/h2-13H,14-15H2,1H3,(H,26,28). The van der Waals surface area contributed by atoms with Crippen LogP contribution in [0.4, 0.5) is 5.69 Å². The van der Waals surface area contributed by atoms with E-state index in [4.69, 9.17) is 27.9 Å². The molecule has 0 unspecified atom stereocenters. The molecule has 0 heterocycles. The molecule has 0 aliphatic rings. The van der Waals surface area contributed by atoms with Crippen molar-refractivity contribution in [3.8, 4) is 5.75 Å². The van der Waals surface area contributed by atoms with Crippen LogP contribution >= 0.6 is 23.2 Å².